The van der Waals surface area contributed by atoms with Gasteiger partial charge in [0.1, 0.15) is 12.2 Å². The summed E-state index contributed by atoms with van der Waals surface area (Å²) in [4.78, 5) is 48.3. The van der Waals surface area contributed by atoms with E-state index in [2.05, 4.69) is 0 Å². The molecule has 2 N–H and O–H groups in total. The molecule has 0 aliphatic heterocycles. The number of phosphoric acid groups is 1. The smallest absolute Gasteiger partial charge is 0.191 e. The molecule has 0 unspecified atom stereocenters. The van der Waals surface area contributed by atoms with Gasteiger partial charge in [-0.25, -0.2) is 4.39 Å². The lowest BCUT2D eigenvalue weighted by Gasteiger charge is -2.63. The molecule has 178 valence electrons. The van der Waals surface area contributed by atoms with Crippen LogP contribution in [0.15, 0.2) is 23.8 Å². The molecule has 4 aliphatic carbocycles. The van der Waals surface area contributed by atoms with Crippen molar-refractivity contribution in [1.29, 1.82) is 0 Å². The molecule has 8 atom stereocenters. The zero-order valence-electron chi connectivity index (χ0n) is 18.2. The van der Waals surface area contributed by atoms with Crippen LogP contribution in [0, 0.1) is 28.6 Å². The summed E-state index contributed by atoms with van der Waals surface area (Å²) in [7, 11) is -5.67. The van der Waals surface area contributed by atoms with Crippen molar-refractivity contribution < 1.29 is 43.1 Å². The van der Waals surface area contributed by atoms with E-state index in [1.807, 2.05) is 0 Å². The molecular weight excluding hydrogens is 442 g/mol. The van der Waals surface area contributed by atoms with Crippen LogP contribution in [0.25, 0.3) is 0 Å². The first-order chi connectivity index (χ1) is 14.7. The number of carbonyl (C=O) groups excluding carboxylic acids is 2. The second-order valence-electron chi connectivity index (χ2n) is 10.3. The van der Waals surface area contributed by atoms with Gasteiger partial charge in [-0.1, -0.05) is 25.5 Å². The van der Waals surface area contributed by atoms with Gasteiger partial charge in [0.25, 0.3) is 0 Å². The molecule has 0 bridgehead atoms. The molecule has 4 rings (SSSR count). The Labute approximate surface area is 185 Å². The summed E-state index contributed by atoms with van der Waals surface area (Å²) in [5, 5.41) is 20.9. The number of alkyl halides is 1. The van der Waals surface area contributed by atoms with Gasteiger partial charge in [-0.15, -0.1) is 0 Å². The van der Waals surface area contributed by atoms with Gasteiger partial charge in [-0.3, -0.25) is 9.59 Å². The highest BCUT2D eigenvalue weighted by atomic mass is 31.2. The number of fused-ring (bicyclic) bond motifs is 5. The summed E-state index contributed by atoms with van der Waals surface area (Å²) < 4.78 is 33.7. The highest BCUT2D eigenvalue weighted by Gasteiger charge is 2.76. The molecule has 0 radical (unpaired) electrons. The Morgan fingerprint density at radius 2 is 2.00 bits per heavy atom. The zero-order valence-corrected chi connectivity index (χ0v) is 19.1. The molecule has 0 aromatic carbocycles. The molecule has 3 saturated carbocycles. The normalized spacial score (nSPS) is 48.0. The minimum Gasteiger partial charge on any atom is -0.790 e. The van der Waals surface area contributed by atoms with Crippen LogP contribution in [0.3, 0.4) is 0 Å². The molecule has 0 heterocycles. The topological polar surface area (TPSA) is 147 Å². The Balaban J connectivity index is 1.87. The van der Waals surface area contributed by atoms with Gasteiger partial charge in [-0.2, -0.15) is 0 Å². The van der Waals surface area contributed by atoms with Crippen molar-refractivity contribution in [3.63, 3.8) is 0 Å². The molecule has 0 saturated heterocycles. The van der Waals surface area contributed by atoms with Crippen LogP contribution in [-0.4, -0.2) is 45.8 Å². The van der Waals surface area contributed by atoms with Crippen molar-refractivity contribution in [3.8, 4) is 0 Å². The van der Waals surface area contributed by atoms with E-state index in [4.69, 9.17) is 4.52 Å². The fourth-order valence-electron chi connectivity index (χ4n) is 7.66. The van der Waals surface area contributed by atoms with Crippen molar-refractivity contribution in [2.24, 2.45) is 28.6 Å². The SMILES string of the molecule is C[C@@H]1C[C@H]2[C@@H]3CCC4=CC(=O)C=C[C@]4(C)[C@@]3(F)[C@@H](O)C[C@]2(C)[C@@]1(OP(=O)([O-])[O-])C(=O)CO. The fraction of sp³-hybridized carbons (Fsp3) is 0.727. The summed E-state index contributed by atoms with van der Waals surface area (Å²) in [5.74, 6) is -3.40. The number of ketones is 2. The average molecular weight is 470 g/mol. The first-order valence-electron chi connectivity index (χ1n) is 10.9. The number of hydrogen-bond acceptors (Lipinski definition) is 8. The summed E-state index contributed by atoms with van der Waals surface area (Å²) in [5.41, 5.74) is -6.41. The Morgan fingerprint density at radius 1 is 1.34 bits per heavy atom. The standard InChI is InChI=1S/C22H30FO8P/c1-12-8-16-15-5-4-13-9-14(25)6-7-19(13,2)21(15,23)17(26)10-20(16,3)22(12,18(27)11-24)31-32(28,29)30/h6-7,9,12,15-17,24,26H,4-5,8,10-11H2,1-3H3,(H2,28,29,30)/p-2/t12-,15+,16+,17+,19+,20+,21+,22+/m1/s1. The van der Waals surface area contributed by atoms with E-state index in [1.165, 1.54) is 18.2 Å². The van der Waals surface area contributed by atoms with Gasteiger partial charge in [0.15, 0.2) is 17.2 Å². The number of aliphatic hydroxyl groups is 2. The number of carbonyl (C=O) groups is 2. The lowest BCUT2D eigenvalue weighted by Crippen LogP contribution is -2.70. The highest BCUT2D eigenvalue weighted by molar-refractivity contribution is 7.43. The zero-order chi connectivity index (χ0) is 23.9. The summed E-state index contributed by atoms with van der Waals surface area (Å²) in [6.07, 6.45) is 3.08. The fourth-order valence-corrected chi connectivity index (χ4v) is 8.51. The molecule has 8 nitrogen and oxygen atoms in total. The van der Waals surface area contributed by atoms with Gasteiger partial charge >= 0.3 is 0 Å². The quantitative estimate of drug-likeness (QED) is 0.572. The molecule has 0 aromatic rings. The van der Waals surface area contributed by atoms with Crippen molar-refractivity contribution in [1.82, 2.24) is 0 Å². The van der Waals surface area contributed by atoms with Crippen LogP contribution < -0.4 is 9.79 Å². The Morgan fingerprint density at radius 3 is 2.59 bits per heavy atom. The van der Waals surface area contributed by atoms with Crippen LogP contribution >= 0.6 is 7.82 Å². The minimum absolute atomic E-state index is 0.184. The van der Waals surface area contributed by atoms with Crippen molar-refractivity contribution in [2.75, 3.05) is 6.61 Å². The van der Waals surface area contributed by atoms with E-state index in [9.17, 15) is 34.2 Å². The van der Waals surface area contributed by atoms with E-state index in [-0.39, 0.29) is 25.0 Å². The Bertz CT molecular complexity index is 973. The van der Waals surface area contributed by atoms with Gasteiger partial charge in [0.2, 0.25) is 0 Å². The van der Waals surface area contributed by atoms with Gasteiger partial charge in [-0.05, 0) is 56.6 Å². The third-order valence-corrected chi connectivity index (χ3v) is 9.51. The number of hydrogen-bond donors (Lipinski definition) is 2. The predicted molar refractivity (Wildman–Crippen MR) is 106 cm³/mol. The summed E-state index contributed by atoms with van der Waals surface area (Å²) >= 11 is 0. The van der Waals surface area contributed by atoms with Gasteiger partial charge in [0.05, 0.1) is 13.9 Å². The maximum Gasteiger partial charge on any atom is 0.191 e. The third-order valence-electron chi connectivity index (χ3n) is 8.99. The van der Waals surface area contributed by atoms with E-state index in [0.717, 1.165) is 0 Å². The van der Waals surface area contributed by atoms with Crippen LogP contribution in [0.5, 0.6) is 0 Å². The Kier molecular flexibility index (Phi) is 5.34. The second-order valence-corrected chi connectivity index (χ2v) is 11.3. The van der Waals surface area contributed by atoms with Crippen LogP contribution in [-0.2, 0) is 18.7 Å². The molecule has 4 aliphatic rings. The first kappa shape index (κ1) is 23.9. The number of halogens is 1. The number of aliphatic hydroxyl groups excluding tert-OH is 2. The van der Waals surface area contributed by atoms with Crippen LogP contribution in [0.1, 0.15) is 46.5 Å². The maximum absolute atomic E-state index is 17.1. The minimum atomic E-state index is -5.67. The molecule has 3 fully saturated rings. The highest BCUT2D eigenvalue weighted by Crippen LogP contribution is 2.72. The monoisotopic (exact) mass is 470 g/mol. The maximum atomic E-state index is 17.1. The summed E-state index contributed by atoms with van der Waals surface area (Å²) in [6.45, 7) is 3.68. The number of phosphoric ester groups is 1. The first-order valence-corrected chi connectivity index (χ1v) is 12.3. The van der Waals surface area contributed by atoms with Gasteiger partial charge in [0, 0.05) is 16.7 Å². The number of rotatable bonds is 4. The predicted octanol–water partition coefficient (Wildman–Crippen LogP) is 0.749. The molecule has 10 heteroatoms. The van der Waals surface area contributed by atoms with Crippen LogP contribution in [0.2, 0.25) is 0 Å². The van der Waals surface area contributed by atoms with E-state index >= 15 is 4.39 Å². The van der Waals surface area contributed by atoms with Crippen molar-refractivity contribution >= 4 is 19.4 Å². The Hall–Kier alpha value is -1.22. The lowest BCUT2D eigenvalue weighted by molar-refractivity contribution is -0.354. The van der Waals surface area contributed by atoms with E-state index in [0.29, 0.717) is 12.0 Å². The average Bonchev–Trinajstić information content (AvgIpc) is 2.90. The number of allylic oxidation sites excluding steroid dienone is 4. The van der Waals surface area contributed by atoms with Crippen LogP contribution in [0.4, 0.5) is 4.39 Å². The third kappa shape index (κ3) is 2.82. The summed E-state index contributed by atoms with van der Waals surface area (Å²) in [6, 6.07) is 0. The molecule has 0 aromatic heterocycles. The van der Waals surface area contributed by atoms with Crippen molar-refractivity contribution in [2.45, 2.75) is 63.8 Å². The van der Waals surface area contributed by atoms with Crippen molar-refractivity contribution in [3.05, 3.63) is 23.8 Å². The molecule has 0 amide bonds. The number of Topliss-reactive ketones (excluding diaryl/α,β-unsaturated/α-hetero) is 1. The van der Waals surface area contributed by atoms with E-state index < -0.39 is 66.2 Å². The molecular formula is C22H28FO8P-2. The largest absolute Gasteiger partial charge is 0.790 e. The molecule has 0 spiro atoms. The van der Waals surface area contributed by atoms with E-state index in [1.54, 1.807) is 20.8 Å². The van der Waals surface area contributed by atoms with Gasteiger partial charge < -0.3 is 29.1 Å². The molecule has 32 heavy (non-hydrogen) atoms. The lowest BCUT2D eigenvalue weighted by atomic mass is 9.44. The second kappa shape index (κ2) is 7.14.